The number of hydrogen-bond donors (Lipinski definition) is 2. The molecule has 31 heavy (non-hydrogen) atoms. The Morgan fingerprint density at radius 2 is 2.00 bits per heavy atom. The lowest BCUT2D eigenvalue weighted by atomic mass is 10.2. The first-order chi connectivity index (χ1) is 14.6. The molecule has 0 aliphatic carbocycles. The van der Waals surface area contributed by atoms with Crippen molar-refractivity contribution >= 4 is 57.7 Å². The van der Waals surface area contributed by atoms with Crippen LogP contribution in [0.15, 0.2) is 36.7 Å². The highest BCUT2D eigenvalue weighted by atomic mass is 35.5. The fraction of sp³-hybridized carbons (Fsp3) is 0.300. The molecule has 0 saturated carbocycles. The van der Waals surface area contributed by atoms with Crippen LogP contribution in [0.4, 0.5) is 17.5 Å². The van der Waals surface area contributed by atoms with E-state index in [4.69, 9.17) is 4.98 Å². The van der Waals surface area contributed by atoms with Crippen LogP contribution in [-0.4, -0.2) is 55.5 Å². The molecular weight excluding hydrogens is 418 g/mol. The summed E-state index contributed by atoms with van der Waals surface area (Å²) in [5.74, 6) is 1.08. The molecule has 0 spiro atoms. The van der Waals surface area contributed by atoms with Crippen LogP contribution in [0.2, 0.25) is 0 Å². The van der Waals surface area contributed by atoms with E-state index in [-0.39, 0.29) is 24.4 Å². The van der Waals surface area contributed by atoms with Gasteiger partial charge in [-0.05, 0) is 38.1 Å². The average molecular weight is 440 g/mol. The molecule has 1 fully saturated rings. The molecule has 4 aromatic rings. The molecule has 2 N–H and O–H groups in total. The minimum Gasteiger partial charge on any atom is -0.309 e. The maximum absolute atomic E-state index is 12.0. The van der Waals surface area contributed by atoms with Gasteiger partial charge in [0.25, 0.3) is 0 Å². The largest absolute Gasteiger partial charge is 0.309 e. The Labute approximate surface area is 184 Å². The van der Waals surface area contributed by atoms with Crippen molar-refractivity contribution in [3.8, 4) is 0 Å². The van der Waals surface area contributed by atoms with Gasteiger partial charge in [-0.15, -0.1) is 17.5 Å². The van der Waals surface area contributed by atoms with Crippen LogP contribution in [0.25, 0.3) is 21.9 Å². The monoisotopic (exact) mass is 439 g/mol. The Balaban J connectivity index is 0.00000231. The summed E-state index contributed by atoms with van der Waals surface area (Å²) in [5, 5.41) is 15.6. The van der Waals surface area contributed by atoms with Crippen LogP contribution in [0.3, 0.4) is 0 Å². The molecule has 4 heterocycles. The highest BCUT2D eigenvalue weighted by Gasteiger charge is 2.19. The van der Waals surface area contributed by atoms with Gasteiger partial charge >= 0.3 is 0 Å². The maximum Gasteiger partial charge on any atom is 0.241 e. The molecule has 11 heteroatoms. The summed E-state index contributed by atoms with van der Waals surface area (Å²) in [5.41, 5.74) is 3.24. The van der Waals surface area contributed by atoms with Gasteiger partial charge in [-0.2, -0.15) is 0 Å². The second-order valence-corrected chi connectivity index (χ2v) is 7.44. The van der Waals surface area contributed by atoms with E-state index in [0.29, 0.717) is 24.9 Å². The molecule has 3 aromatic heterocycles. The molecule has 1 aromatic carbocycles. The Kier molecular flexibility index (Phi) is 5.66. The number of hydrogen-bond acceptors (Lipinski definition) is 8. The number of carbonyl (C=O) groups is 1. The molecule has 5 rings (SSSR count). The number of carbonyl (C=O) groups excluding carboxylic acids is 1. The SMILES string of the molecule is CC(C)n1nnc2ccc3cnc(Nc4ccc(N5CCNCC5=O)cn4)nc3c21.Cl. The standard InChI is InChI=1S/C20H21N9O.ClH/c1-12(2)29-19-15(26-27-29)5-3-13-9-23-20(25-18(13)19)24-16-6-4-14(10-22-16)28-8-7-21-11-17(28)30;/h3-6,9-10,12,21H,7-8,11H2,1-2H3,(H,22,23,24,25);1H. The van der Waals surface area contributed by atoms with Gasteiger partial charge in [-0.3, -0.25) is 4.79 Å². The number of pyridine rings is 1. The fourth-order valence-electron chi connectivity index (χ4n) is 3.55. The zero-order chi connectivity index (χ0) is 20.7. The van der Waals surface area contributed by atoms with E-state index in [0.717, 1.165) is 34.2 Å². The van der Waals surface area contributed by atoms with Crippen molar-refractivity contribution in [3.63, 3.8) is 0 Å². The number of fused-ring (bicyclic) bond motifs is 3. The first-order valence-electron chi connectivity index (χ1n) is 9.85. The summed E-state index contributed by atoms with van der Waals surface area (Å²) >= 11 is 0. The minimum absolute atomic E-state index is 0. The van der Waals surface area contributed by atoms with E-state index >= 15 is 0 Å². The predicted octanol–water partition coefficient (Wildman–Crippen LogP) is 2.45. The molecular formula is C20H22ClN9O. The topological polar surface area (TPSA) is 114 Å². The maximum atomic E-state index is 12.0. The fourth-order valence-corrected chi connectivity index (χ4v) is 3.55. The highest BCUT2D eigenvalue weighted by Crippen LogP contribution is 2.25. The molecule has 160 valence electrons. The third-order valence-electron chi connectivity index (χ3n) is 5.06. The smallest absolute Gasteiger partial charge is 0.241 e. The van der Waals surface area contributed by atoms with Crippen molar-refractivity contribution in [1.82, 2.24) is 35.3 Å². The van der Waals surface area contributed by atoms with Gasteiger partial charge in [-0.1, -0.05) is 5.21 Å². The number of amides is 1. The molecule has 0 bridgehead atoms. The van der Waals surface area contributed by atoms with E-state index in [1.807, 2.05) is 28.9 Å². The van der Waals surface area contributed by atoms with Gasteiger partial charge in [0, 0.05) is 30.7 Å². The lowest BCUT2D eigenvalue weighted by Crippen LogP contribution is -2.48. The van der Waals surface area contributed by atoms with Crippen LogP contribution >= 0.6 is 12.4 Å². The normalized spacial score (nSPS) is 14.3. The number of halogens is 1. The Morgan fingerprint density at radius 1 is 1.13 bits per heavy atom. The van der Waals surface area contributed by atoms with Crippen LogP contribution in [0.1, 0.15) is 19.9 Å². The molecule has 0 radical (unpaired) electrons. The molecule has 0 atom stereocenters. The molecule has 1 aliphatic heterocycles. The van der Waals surface area contributed by atoms with Crippen LogP contribution in [-0.2, 0) is 4.79 Å². The van der Waals surface area contributed by atoms with Gasteiger partial charge in [0.05, 0.1) is 18.4 Å². The van der Waals surface area contributed by atoms with Crippen molar-refractivity contribution in [2.75, 3.05) is 29.9 Å². The van der Waals surface area contributed by atoms with Gasteiger partial charge in [0.1, 0.15) is 22.4 Å². The highest BCUT2D eigenvalue weighted by molar-refractivity contribution is 6.01. The van der Waals surface area contributed by atoms with Crippen LogP contribution < -0.4 is 15.5 Å². The third-order valence-corrected chi connectivity index (χ3v) is 5.06. The second kappa shape index (κ2) is 8.40. The Hall–Kier alpha value is -3.37. The molecule has 1 saturated heterocycles. The van der Waals surface area contributed by atoms with E-state index in [9.17, 15) is 4.79 Å². The van der Waals surface area contributed by atoms with Crippen LogP contribution in [0.5, 0.6) is 0 Å². The van der Waals surface area contributed by atoms with Gasteiger partial charge < -0.3 is 15.5 Å². The average Bonchev–Trinajstić information content (AvgIpc) is 3.20. The van der Waals surface area contributed by atoms with Crippen molar-refractivity contribution in [2.45, 2.75) is 19.9 Å². The molecule has 1 amide bonds. The molecule has 1 aliphatic rings. The lowest BCUT2D eigenvalue weighted by Gasteiger charge is -2.27. The number of nitrogens with zero attached hydrogens (tertiary/aromatic N) is 7. The van der Waals surface area contributed by atoms with E-state index in [1.165, 1.54) is 0 Å². The zero-order valence-electron chi connectivity index (χ0n) is 17.1. The van der Waals surface area contributed by atoms with Gasteiger partial charge in [0.2, 0.25) is 11.9 Å². The molecule has 0 unspecified atom stereocenters. The summed E-state index contributed by atoms with van der Waals surface area (Å²) in [6, 6.07) is 7.72. The first-order valence-corrected chi connectivity index (χ1v) is 9.85. The number of nitrogens with one attached hydrogen (secondary N) is 2. The van der Waals surface area contributed by atoms with Gasteiger partial charge in [0.15, 0.2) is 0 Å². The quantitative estimate of drug-likeness (QED) is 0.498. The second-order valence-electron chi connectivity index (χ2n) is 7.44. The van der Waals surface area contributed by atoms with Crippen molar-refractivity contribution in [1.29, 1.82) is 0 Å². The number of piperazine rings is 1. The number of anilines is 3. The summed E-state index contributed by atoms with van der Waals surface area (Å²) in [7, 11) is 0. The van der Waals surface area contributed by atoms with Crippen molar-refractivity contribution in [2.24, 2.45) is 0 Å². The van der Waals surface area contributed by atoms with Crippen LogP contribution in [0, 0.1) is 0 Å². The lowest BCUT2D eigenvalue weighted by molar-refractivity contribution is -0.118. The minimum atomic E-state index is 0. The third kappa shape index (κ3) is 3.87. The zero-order valence-corrected chi connectivity index (χ0v) is 17.9. The van der Waals surface area contributed by atoms with Crippen molar-refractivity contribution in [3.05, 3.63) is 36.7 Å². The summed E-state index contributed by atoms with van der Waals surface area (Å²) < 4.78 is 1.87. The number of aromatic nitrogens is 6. The van der Waals surface area contributed by atoms with Crippen molar-refractivity contribution < 1.29 is 4.79 Å². The van der Waals surface area contributed by atoms with Gasteiger partial charge in [-0.25, -0.2) is 19.6 Å². The predicted molar refractivity (Wildman–Crippen MR) is 121 cm³/mol. The first kappa shape index (κ1) is 20.9. The molecule has 10 nitrogen and oxygen atoms in total. The summed E-state index contributed by atoms with van der Waals surface area (Å²) in [6.45, 7) is 5.87. The number of rotatable bonds is 4. The van der Waals surface area contributed by atoms with E-state index in [1.54, 1.807) is 17.3 Å². The van der Waals surface area contributed by atoms with E-state index < -0.39 is 0 Å². The Morgan fingerprint density at radius 3 is 2.74 bits per heavy atom. The Bertz CT molecular complexity index is 1240. The summed E-state index contributed by atoms with van der Waals surface area (Å²) in [4.78, 5) is 27.3. The number of benzene rings is 1. The van der Waals surface area contributed by atoms with E-state index in [2.05, 4.69) is 44.8 Å². The summed E-state index contributed by atoms with van der Waals surface area (Å²) in [6.07, 6.45) is 3.46.